The maximum atomic E-state index is 6.32. The first-order valence-electron chi connectivity index (χ1n) is 6.28. The molecule has 0 aliphatic rings. The Balaban J connectivity index is 2.34. The lowest BCUT2D eigenvalue weighted by Gasteiger charge is -2.16. The minimum absolute atomic E-state index is 0.0508. The third-order valence-electron chi connectivity index (χ3n) is 3.03. The van der Waals surface area contributed by atoms with E-state index in [0.29, 0.717) is 0 Å². The van der Waals surface area contributed by atoms with Gasteiger partial charge in [-0.3, -0.25) is 0 Å². The lowest BCUT2D eigenvalue weighted by Crippen LogP contribution is -2.15. The number of benzene rings is 1. The van der Waals surface area contributed by atoms with Crippen molar-refractivity contribution in [1.82, 2.24) is 4.98 Å². The quantitative estimate of drug-likeness (QED) is 0.933. The Morgan fingerprint density at radius 1 is 1.26 bits per heavy atom. The van der Waals surface area contributed by atoms with Crippen LogP contribution in [0, 0.1) is 0 Å². The van der Waals surface area contributed by atoms with Crippen LogP contribution >= 0.6 is 11.3 Å². The van der Waals surface area contributed by atoms with Crippen molar-refractivity contribution in [2.24, 2.45) is 5.73 Å². The molecule has 0 aliphatic heterocycles. The SMILES string of the molecule is COc1ccccc1C(N)c1nc(C(C)(C)C)cs1. The Bertz CT molecular complexity index is 557. The van der Waals surface area contributed by atoms with Gasteiger partial charge in [-0.05, 0) is 6.07 Å². The zero-order valence-electron chi connectivity index (χ0n) is 11.8. The first-order valence-corrected chi connectivity index (χ1v) is 7.16. The average Bonchev–Trinajstić information content (AvgIpc) is 2.87. The molecule has 3 nitrogen and oxygen atoms in total. The minimum atomic E-state index is -0.239. The van der Waals surface area contributed by atoms with Crippen molar-refractivity contribution >= 4 is 11.3 Å². The summed E-state index contributed by atoms with van der Waals surface area (Å²) in [7, 11) is 1.66. The van der Waals surface area contributed by atoms with E-state index in [4.69, 9.17) is 10.5 Å². The highest BCUT2D eigenvalue weighted by Crippen LogP contribution is 2.32. The van der Waals surface area contributed by atoms with E-state index in [2.05, 4.69) is 31.1 Å². The molecule has 2 rings (SSSR count). The van der Waals surface area contributed by atoms with Gasteiger partial charge in [0, 0.05) is 16.4 Å². The summed E-state index contributed by atoms with van der Waals surface area (Å²) >= 11 is 1.61. The zero-order chi connectivity index (χ0) is 14.0. The lowest BCUT2D eigenvalue weighted by atomic mass is 9.93. The number of ether oxygens (including phenoxy) is 1. The van der Waals surface area contributed by atoms with Gasteiger partial charge in [0.2, 0.25) is 0 Å². The van der Waals surface area contributed by atoms with Gasteiger partial charge in [0.05, 0.1) is 18.8 Å². The van der Waals surface area contributed by atoms with Crippen molar-refractivity contribution < 1.29 is 4.74 Å². The van der Waals surface area contributed by atoms with Crippen molar-refractivity contribution in [2.45, 2.75) is 32.2 Å². The van der Waals surface area contributed by atoms with Crippen LogP contribution in [0.2, 0.25) is 0 Å². The molecule has 0 radical (unpaired) electrons. The molecule has 0 spiro atoms. The number of nitrogens with two attached hydrogens (primary N) is 1. The molecule has 2 aromatic rings. The molecule has 19 heavy (non-hydrogen) atoms. The van der Waals surface area contributed by atoms with E-state index >= 15 is 0 Å². The largest absolute Gasteiger partial charge is 0.496 e. The topological polar surface area (TPSA) is 48.1 Å². The summed E-state index contributed by atoms with van der Waals surface area (Å²) < 4.78 is 5.36. The third-order valence-corrected chi connectivity index (χ3v) is 3.96. The second-order valence-corrected chi connectivity index (χ2v) is 6.43. The van der Waals surface area contributed by atoms with Gasteiger partial charge < -0.3 is 10.5 Å². The summed E-state index contributed by atoms with van der Waals surface area (Å²) in [5.74, 6) is 0.808. The molecule has 0 aliphatic carbocycles. The van der Waals surface area contributed by atoms with Gasteiger partial charge in [0.1, 0.15) is 10.8 Å². The molecular weight excluding hydrogens is 256 g/mol. The van der Waals surface area contributed by atoms with Gasteiger partial charge in [-0.25, -0.2) is 4.98 Å². The summed E-state index contributed by atoms with van der Waals surface area (Å²) in [5, 5.41) is 3.01. The van der Waals surface area contributed by atoms with Crippen molar-refractivity contribution in [1.29, 1.82) is 0 Å². The van der Waals surface area contributed by atoms with Crippen LogP contribution in [0.25, 0.3) is 0 Å². The molecule has 0 bridgehead atoms. The van der Waals surface area contributed by atoms with E-state index in [1.807, 2.05) is 24.3 Å². The number of hydrogen-bond donors (Lipinski definition) is 1. The molecule has 0 saturated heterocycles. The van der Waals surface area contributed by atoms with Crippen LogP contribution in [0.5, 0.6) is 5.75 Å². The fraction of sp³-hybridized carbons (Fsp3) is 0.400. The molecule has 0 fully saturated rings. The number of nitrogens with zero attached hydrogens (tertiary/aromatic N) is 1. The molecule has 2 N–H and O–H groups in total. The van der Waals surface area contributed by atoms with Crippen LogP contribution in [0.3, 0.4) is 0 Å². The minimum Gasteiger partial charge on any atom is -0.496 e. The van der Waals surface area contributed by atoms with E-state index in [9.17, 15) is 0 Å². The Morgan fingerprint density at radius 2 is 1.95 bits per heavy atom. The number of para-hydroxylation sites is 1. The maximum Gasteiger partial charge on any atom is 0.124 e. The number of thiazole rings is 1. The Labute approximate surface area is 118 Å². The number of aromatic nitrogens is 1. The molecule has 1 unspecified atom stereocenters. The molecule has 4 heteroatoms. The van der Waals surface area contributed by atoms with E-state index in [1.165, 1.54) is 0 Å². The highest BCUT2D eigenvalue weighted by Gasteiger charge is 2.21. The zero-order valence-corrected chi connectivity index (χ0v) is 12.6. The van der Waals surface area contributed by atoms with Crippen molar-refractivity contribution in [3.05, 3.63) is 45.9 Å². The molecule has 1 aromatic carbocycles. The van der Waals surface area contributed by atoms with E-state index in [0.717, 1.165) is 22.0 Å². The van der Waals surface area contributed by atoms with Gasteiger partial charge in [-0.1, -0.05) is 39.0 Å². The van der Waals surface area contributed by atoms with Gasteiger partial charge in [-0.15, -0.1) is 11.3 Å². The van der Waals surface area contributed by atoms with E-state index in [1.54, 1.807) is 18.4 Å². The van der Waals surface area contributed by atoms with Gasteiger partial charge in [0.15, 0.2) is 0 Å². The van der Waals surface area contributed by atoms with E-state index in [-0.39, 0.29) is 11.5 Å². The highest BCUT2D eigenvalue weighted by atomic mass is 32.1. The fourth-order valence-corrected chi connectivity index (χ4v) is 2.89. The summed E-state index contributed by atoms with van der Waals surface area (Å²) in [4.78, 5) is 4.67. The van der Waals surface area contributed by atoms with Crippen LogP contribution in [0.15, 0.2) is 29.6 Å². The molecule has 0 saturated carbocycles. The molecule has 1 aromatic heterocycles. The monoisotopic (exact) mass is 276 g/mol. The number of rotatable bonds is 3. The first kappa shape index (κ1) is 14.0. The molecule has 102 valence electrons. The third kappa shape index (κ3) is 2.96. The summed E-state index contributed by atoms with van der Waals surface area (Å²) in [6.45, 7) is 6.46. The predicted octanol–water partition coefficient (Wildman–Crippen LogP) is 3.50. The van der Waals surface area contributed by atoms with Crippen LogP contribution in [0.4, 0.5) is 0 Å². The standard InChI is InChI=1S/C15H20N2OS/c1-15(2,3)12-9-19-14(17-12)13(16)10-7-5-6-8-11(10)18-4/h5-9,13H,16H2,1-4H3. The Hall–Kier alpha value is -1.39. The van der Waals surface area contributed by atoms with Gasteiger partial charge in [-0.2, -0.15) is 0 Å². The van der Waals surface area contributed by atoms with E-state index < -0.39 is 0 Å². The number of hydrogen-bond acceptors (Lipinski definition) is 4. The van der Waals surface area contributed by atoms with Crippen LogP contribution < -0.4 is 10.5 Å². The molecule has 0 amide bonds. The fourth-order valence-electron chi connectivity index (χ4n) is 1.83. The van der Waals surface area contributed by atoms with Crippen LogP contribution in [0.1, 0.15) is 43.1 Å². The first-order chi connectivity index (χ1) is 8.93. The predicted molar refractivity (Wildman–Crippen MR) is 79.8 cm³/mol. The Morgan fingerprint density at radius 3 is 2.53 bits per heavy atom. The lowest BCUT2D eigenvalue weighted by molar-refractivity contribution is 0.408. The second-order valence-electron chi connectivity index (χ2n) is 5.54. The number of methoxy groups -OCH3 is 1. The molecule has 1 atom stereocenters. The summed E-state index contributed by atoms with van der Waals surface area (Å²) in [6.07, 6.45) is 0. The Kier molecular flexibility index (Phi) is 3.92. The summed E-state index contributed by atoms with van der Waals surface area (Å²) in [6, 6.07) is 7.58. The van der Waals surface area contributed by atoms with Crippen molar-refractivity contribution in [3.63, 3.8) is 0 Å². The molecular formula is C15H20N2OS. The average molecular weight is 276 g/mol. The maximum absolute atomic E-state index is 6.32. The summed E-state index contributed by atoms with van der Waals surface area (Å²) in [5.41, 5.74) is 8.42. The highest BCUT2D eigenvalue weighted by molar-refractivity contribution is 7.09. The second kappa shape index (κ2) is 5.31. The molecule has 1 heterocycles. The van der Waals surface area contributed by atoms with Crippen molar-refractivity contribution in [3.8, 4) is 5.75 Å². The van der Waals surface area contributed by atoms with Gasteiger partial charge >= 0.3 is 0 Å². The smallest absolute Gasteiger partial charge is 0.124 e. The van der Waals surface area contributed by atoms with Crippen LogP contribution in [-0.4, -0.2) is 12.1 Å². The van der Waals surface area contributed by atoms with Gasteiger partial charge in [0.25, 0.3) is 0 Å². The van der Waals surface area contributed by atoms with Crippen molar-refractivity contribution in [2.75, 3.05) is 7.11 Å². The normalized spacial score (nSPS) is 13.3. The van der Waals surface area contributed by atoms with Crippen LogP contribution in [-0.2, 0) is 5.41 Å².